The fourth-order valence-electron chi connectivity index (χ4n) is 1.28. The molecule has 7 heteroatoms. The Morgan fingerprint density at radius 2 is 1.71 bits per heavy atom. The van der Waals surface area contributed by atoms with Gasteiger partial charge in [0.1, 0.15) is 0 Å². The van der Waals surface area contributed by atoms with E-state index in [1.54, 1.807) is 34.3 Å². The average Bonchev–Trinajstić information content (AvgIpc) is 2.30. The quantitative estimate of drug-likeness (QED) is 0.418. The normalized spacial score (nSPS) is 12.1. The van der Waals surface area contributed by atoms with E-state index in [0.717, 1.165) is 6.42 Å². The van der Waals surface area contributed by atoms with E-state index in [4.69, 9.17) is 18.4 Å². The lowest BCUT2D eigenvalue weighted by atomic mass is 10.2. The van der Waals surface area contributed by atoms with Crippen molar-refractivity contribution in [2.45, 2.75) is 25.8 Å². The molecule has 0 aromatic carbocycles. The minimum atomic E-state index is -2.49. The monoisotopic (exact) mass is 282 g/mol. The summed E-state index contributed by atoms with van der Waals surface area (Å²) in [6, 6.07) is 0.680. The van der Waals surface area contributed by atoms with Gasteiger partial charge in [0, 0.05) is 32.9 Å². The summed E-state index contributed by atoms with van der Waals surface area (Å²) in [7, 11) is 2.21. The van der Waals surface area contributed by atoms with Gasteiger partial charge in [-0.2, -0.15) is 13.5 Å². The molecule has 1 N–H and O–H groups in total. The van der Waals surface area contributed by atoms with Crippen LogP contribution in [0.4, 0.5) is 0 Å². The van der Waals surface area contributed by atoms with Gasteiger partial charge in [-0.05, 0) is 19.8 Å². The zero-order valence-corrected chi connectivity index (χ0v) is 12.8. The first-order valence-electron chi connectivity index (χ1n) is 5.07. The van der Waals surface area contributed by atoms with Crippen LogP contribution in [0, 0.1) is 0 Å². The van der Waals surface area contributed by atoms with Crippen LogP contribution in [-0.4, -0.2) is 41.2 Å². The van der Waals surface area contributed by atoms with Gasteiger partial charge in [0.15, 0.2) is 0 Å². The molecule has 0 fully saturated rings. The fraction of sp³-hybridized carbons (Fsp3) is 0.700. The molecule has 0 radical (unpaired) electrons. The first-order chi connectivity index (χ1) is 7.51. The predicted octanol–water partition coefficient (Wildman–Crippen LogP) is 1.79. The molecule has 0 aromatic heterocycles. The Morgan fingerprint density at radius 1 is 1.24 bits per heavy atom. The number of carboxylic acid groups (broad SMARTS) is 1. The number of hydrogen-bond donors (Lipinski definition) is 1. The summed E-state index contributed by atoms with van der Waals surface area (Å²) < 4.78 is 15.7. The molecule has 0 heterocycles. The first-order valence-corrected chi connectivity index (χ1v) is 7.00. The Labute approximate surface area is 111 Å². The van der Waals surface area contributed by atoms with Gasteiger partial charge in [-0.25, -0.2) is 4.79 Å². The molecule has 0 aromatic rings. The minimum Gasteiger partial charge on any atom is -0.478 e. The van der Waals surface area contributed by atoms with Crippen molar-refractivity contribution in [2.24, 2.45) is 0 Å². The van der Waals surface area contributed by atoms with Crippen molar-refractivity contribution in [3.63, 3.8) is 0 Å². The van der Waals surface area contributed by atoms with Crippen LogP contribution in [0.15, 0.2) is 11.6 Å². The van der Waals surface area contributed by atoms with E-state index < -0.39 is 14.8 Å². The molecule has 0 saturated carbocycles. The van der Waals surface area contributed by atoms with Crippen LogP contribution in [0.5, 0.6) is 0 Å². The maximum atomic E-state index is 10.5. The van der Waals surface area contributed by atoms with E-state index in [1.807, 2.05) is 0 Å². The van der Waals surface area contributed by atoms with Crippen molar-refractivity contribution in [3.8, 4) is 0 Å². The zero-order chi connectivity index (χ0) is 12.6. The van der Waals surface area contributed by atoms with Gasteiger partial charge in [0.25, 0.3) is 0 Å². The Morgan fingerprint density at radius 3 is 2.06 bits per heavy atom. The minimum absolute atomic E-state index is 0. The lowest BCUT2D eigenvalue weighted by molar-refractivity contribution is -0.132. The van der Waals surface area contributed by atoms with E-state index in [0.29, 0.717) is 18.0 Å². The summed E-state index contributed by atoms with van der Waals surface area (Å²) in [6.07, 6.45) is 3.16. The zero-order valence-electron chi connectivity index (χ0n) is 10.8. The molecule has 0 rings (SSSR count). The lowest BCUT2D eigenvalue weighted by Gasteiger charge is -2.23. The molecule has 0 bridgehead atoms. The highest BCUT2D eigenvalue weighted by Crippen LogP contribution is 2.16. The number of rotatable bonds is 8. The van der Waals surface area contributed by atoms with Crippen LogP contribution in [0.1, 0.15) is 19.8 Å². The van der Waals surface area contributed by atoms with Crippen molar-refractivity contribution >= 4 is 28.3 Å². The van der Waals surface area contributed by atoms with Gasteiger partial charge in [0.05, 0.1) is 0 Å². The first kappa shape index (κ1) is 19.0. The average molecular weight is 282 g/mol. The van der Waals surface area contributed by atoms with E-state index in [9.17, 15) is 4.79 Å². The van der Waals surface area contributed by atoms with Gasteiger partial charge in [-0.3, -0.25) is 0 Å². The Kier molecular flexibility index (Phi) is 10.8. The highest BCUT2D eigenvalue weighted by atomic mass is 32.1. The largest absolute Gasteiger partial charge is 0.500 e. The Bertz CT molecular complexity index is 245. The SMILES string of the molecule is CO[Si](CCCC=C(C)C(=O)O)(OC)OC.S. The number of carbonyl (C=O) groups is 1. The predicted molar refractivity (Wildman–Crippen MR) is 72.6 cm³/mol. The molecule has 0 aliphatic heterocycles. The molecule has 0 saturated heterocycles. The summed E-state index contributed by atoms with van der Waals surface area (Å²) in [5.41, 5.74) is 0.361. The van der Waals surface area contributed by atoms with Crippen molar-refractivity contribution in [2.75, 3.05) is 21.3 Å². The molecule has 5 nitrogen and oxygen atoms in total. The van der Waals surface area contributed by atoms with Crippen LogP contribution >= 0.6 is 13.5 Å². The van der Waals surface area contributed by atoms with E-state index >= 15 is 0 Å². The molecule has 0 aliphatic carbocycles. The smallest absolute Gasteiger partial charge is 0.478 e. The van der Waals surface area contributed by atoms with Crippen molar-refractivity contribution in [3.05, 3.63) is 11.6 Å². The number of allylic oxidation sites excluding steroid dienone is 1. The number of unbranched alkanes of at least 4 members (excludes halogenated alkanes) is 1. The molecule has 102 valence electrons. The van der Waals surface area contributed by atoms with Crippen molar-refractivity contribution in [1.82, 2.24) is 0 Å². The molecule has 0 spiro atoms. The van der Waals surface area contributed by atoms with Gasteiger partial charge in [0.2, 0.25) is 0 Å². The van der Waals surface area contributed by atoms with Crippen LogP contribution in [-0.2, 0) is 18.1 Å². The second kappa shape index (κ2) is 9.66. The van der Waals surface area contributed by atoms with E-state index in [2.05, 4.69) is 0 Å². The lowest BCUT2D eigenvalue weighted by Crippen LogP contribution is -2.42. The molecule has 0 atom stereocenters. The number of carboxylic acids is 1. The number of aliphatic carboxylic acids is 1. The summed E-state index contributed by atoms with van der Waals surface area (Å²) in [6.45, 7) is 1.58. The summed E-state index contributed by atoms with van der Waals surface area (Å²) >= 11 is 0. The summed E-state index contributed by atoms with van der Waals surface area (Å²) in [5.74, 6) is -0.881. The molecule has 0 unspecified atom stereocenters. The van der Waals surface area contributed by atoms with Crippen LogP contribution in [0.2, 0.25) is 6.04 Å². The topological polar surface area (TPSA) is 65.0 Å². The molecule has 0 aliphatic rings. The van der Waals surface area contributed by atoms with Crippen molar-refractivity contribution < 1.29 is 23.2 Å². The van der Waals surface area contributed by atoms with Crippen molar-refractivity contribution in [1.29, 1.82) is 0 Å². The standard InChI is InChI=1S/C10H20O5Si.H2S/c1-9(10(11)12)7-5-6-8-16(13-2,14-3)15-4;/h7H,5-6,8H2,1-4H3,(H,11,12);1H2. The molecule has 17 heavy (non-hydrogen) atoms. The molecule has 0 amide bonds. The molecular formula is C10H22O5SSi. The maximum absolute atomic E-state index is 10.5. The summed E-state index contributed by atoms with van der Waals surface area (Å²) in [4.78, 5) is 10.5. The third kappa shape index (κ3) is 6.84. The van der Waals surface area contributed by atoms with Crippen LogP contribution in [0.25, 0.3) is 0 Å². The van der Waals surface area contributed by atoms with Gasteiger partial charge < -0.3 is 18.4 Å². The number of hydrogen-bond acceptors (Lipinski definition) is 4. The van der Waals surface area contributed by atoms with Gasteiger partial charge >= 0.3 is 14.8 Å². The highest BCUT2D eigenvalue weighted by molar-refractivity contribution is 7.59. The third-order valence-corrected chi connectivity index (χ3v) is 5.24. The Hall–Kier alpha value is -0.343. The van der Waals surface area contributed by atoms with E-state index in [-0.39, 0.29) is 13.5 Å². The second-order valence-electron chi connectivity index (χ2n) is 3.38. The molecular weight excluding hydrogens is 260 g/mol. The summed E-state index contributed by atoms with van der Waals surface area (Å²) in [5, 5.41) is 8.65. The van der Waals surface area contributed by atoms with Crippen LogP contribution < -0.4 is 0 Å². The van der Waals surface area contributed by atoms with Gasteiger partial charge in [-0.15, -0.1) is 0 Å². The second-order valence-corrected chi connectivity index (χ2v) is 6.47. The van der Waals surface area contributed by atoms with E-state index in [1.165, 1.54) is 0 Å². The Balaban J connectivity index is 0. The van der Waals surface area contributed by atoms with Crippen LogP contribution in [0.3, 0.4) is 0 Å². The third-order valence-electron chi connectivity index (χ3n) is 2.41. The maximum Gasteiger partial charge on any atom is 0.500 e. The highest BCUT2D eigenvalue weighted by Gasteiger charge is 2.36. The fourth-order valence-corrected chi connectivity index (χ4v) is 3.03. The van der Waals surface area contributed by atoms with Gasteiger partial charge in [-0.1, -0.05) is 6.08 Å².